The third kappa shape index (κ3) is 4.17. The minimum absolute atomic E-state index is 0.0148. The summed E-state index contributed by atoms with van der Waals surface area (Å²) in [5, 5.41) is 0.839. The van der Waals surface area contributed by atoms with Gasteiger partial charge in [0.15, 0.2) is 5.82 Å². The van der Waals surface area contributed by atoms with Crippen molar-refractivity contribution in [3.63, 3.8) is 0 Å². The Balaban J connectivity index is 1.54. The molecule has 9 heteroatoms. The highest BCUT2D eigenvalue weighted by molar-refractivity contribution is 9.10. The first-order chi connectivity index (χ1) is 16.4. The molecule has 3 atom stereocenters. The summed E-state index contributed by atoms with van der Waals surface area (Å²) in [7, 11) is 1.68. The topological polar surface area (TPSA) is 41.5 Å². The Morgan fingerprint density at radius 1 is 1.24 bits per heavy atom. The monoisotopic (exact) mass is 564 g/mol. The van der Waals surface area contributed by atoms with E-state index in [0.717, 1.165) is 38.1 Å². The number of hydrogen-bond donors (Lipinski definition) is 0. The van der Waals surface area contributed by atoms with Gasteiger partial charge in [0, 0.05) is 35.7 Å². The van der Waals surface area contributed by atoms with Crippen LogP contribution in [0.1, 0.15) is 24.8 Å². The van der Waals surface area contributed by atoms with E-state index in [0.29, 0.717) is 27.8 Å². The molecule has 3 heterocycles. The van der Waals surface area contributed by atoms with Crippen molar-refractivity contribution >= 4 is 55.9 Å². The summed E-state index contributed by atoms with van der Waals surface area (Å²) >= 11 is 16.1. The fourth-order valence-electron chi connectivity index (χ4n) is 5.40. The van der Waals surface area contributed by atoms with Gasteiger partial charge in [-0.3, -0.25) is 4.90 Å². The third-order valence-electron chi connectivity index (χ3n) is 6.92. The molecular formula is C25H24BrCl2FN4O. The van der Waals surface area contributed by atoms with Crippen LogP contribution in [0, 0.1) is 5.82 Å². The number of ether oxygens (including phenoxy) is 1. The first kappa shape index (κ1) is 23.8. The molecule has 34 heavy (non-hydrogen) atoms. The van der Waals surface area contributed by atoms with Gasteiger partial charge in [0.05, 0.1) is 17.5 Å². The SMILES string of the molecule is C=CC[C@@H]1[C@@H]2CC[C@H](CN1c1nc(Cl)nc3c(F)cc(Cl)c(Br)c13)N2Cc1ccc(OC)cc1. The van der Waals surface area contributed by atoms with Gasteiger partial charge in [0.2, 0.25) is 5.28 Å². The first-order valence-corrected chi connectivity index (χ1v) is 12.7. The molecule has 178 valence electrons. The molecule has 0 spiro atoms. The lowest BCUT2D eigenvalue weighted by Crippen LogP contribution is -2.59. The molecule has 3 aromatic rings. The number of anilines is 1. The highest BCUT2D eigenvalue weighted by Crippen LogP contribution is 2.43. The van der Waals surface area contributed by atoms with Gasteiger partial charge >= 0.3 is 0 Å². The molecule has 0 aliphatic carbocycles. The van der Waals surface area contributed by atoms with E-state index in [1.807, 2.05) is 18.2 Å². The predicted molar refractivity (Wildman–Crippen MR) is 139 cm³/mol. The largest absolute Gasteiger partial charge is 0.497 e. The van der Waals surface area contributed by atoms with Gasteiger partial charge in [-0.1, -0.05) is 29.8 Å². The van der Waals surface area contributed by atoms with Crippen LogP contribution < -0.4 is 9.64 Å². The minimum atomic E-state index is -0.518. The molecule has 2 saturated heterocycles. The van der Waals surface area contributed by atoms with Crippen LogP contribution in [0.2, 0.25) is 10.3 Å². The van der Waals surface area contributed by atoms with Crippen LogP contribution in [-0.4, -0.2) is 46.6 Å². The minimum Gasteiger partial charge on any atom is -0.497 e. The van der Waals surface area contributed by atoms with E-state index in [1.165, 1.54) is 11.6 Å². The summed E-state index contributed by atoms with van der Waals surface area (Å²) in [4.78, 5) is 13.6. The summed E-state index contributed by atoms with van der Waals surface area (Å²) in [6.07, 6.45) is 4.86. The lowest BCUT2D eigenvalue weighted by Gasteiger charge is -2.47. The molecular weight excluding hydrogens is 542 g/mol. The number of piperazine rings is 1. The second-order valence-electron chi connectivity index (χ2n) is 8.76. The molecule has 0 amide bonds. The van der Waals surface area contributed by atoms with Gasteiger partial charge < -0.3 is 9.64 Å². The van der Waals surface area contributed by atoms with E-state index in [2.05, 4.69) is 54.4 Å². The number of halogens is 4. The Hall–Kier alpha value is -1.93. The number of rotatable bonds is 6. The van der Waals surface area contributed by atoms with Crippen molar-refractivity contribution in [1.29, 1.82) is 0 Å². The van der Waals surface area contributed by atoms with Crippen LogP contribution in [0.5, 0.6) is 5.75 Å². The van der Waals surface area contributed by atoms with Crippen LogP contribution in [0.4, 0.5) is 10.2 Å². The number of benzene rings is 2. The molecule has 0 N–H and O–H groups in total. The van der Waals surface area contributed by atoms with Crippen molar-refractivity contribution in [2.75, 3.05) is 18.6 Å². The average Bonchev–Trinajstić information content (AvgIpc) is 3.11. The van der Waals surface area contributed by atoms with E-state index in [-0.39, 0.29) is 21.9 Å². The number of methoxy groups -OCH3 is 1. The average molecular weight is 566 g/mol. The third-order valence-corrected chi connectivity index (χ3v) is 8.44. The second-order valence-corrected chi connectivity index (χ2v) is 10.3. The van der Waals surface area contributed by atoms with Crippen LogP contribution in [0.25, 0.3) is 10.9 Å². The van der Waals surface area contributed by atoms with Crippen LogP contribution in [-0.2, 0) is 6.54 Å². The quantitative estimate of drug-likeness (QED) is 0.190. The number of nitrogens with zero attached hydrogens (tertiary/aromatic N) is 4. The first-order valence-electron chi connectivity index (χ1n) is 11.2. The Morgan fingerprint density at radius 2 is 2.00 bits per heavy atom. The molecule has 2 bridgehead atoms. The fourth-order valence-corrected chi connectivity index (χ4v) is 6.23. The molecule has 2 aliphatic heterocycles. The van der Waals surface area contributed by atoms with Crippen molar-refractivity contribution in [3.8, 4) is 5.75 Å². The summed E-state index contributed by atoms with van der Waals surface area (Å²) in [5.74, 6) is 0.941. The zero-order valence-corrected chi connectivity index (χ0v) is 21.7. The predicted octanol–water partition coefficient (Wildman–Crippen LogP) is 6.64. The van der Waals surface area contributed by atoms with Crippen molar-refractivity contribution in [2.24, 2.45) is 0 Å². The lowest BCUT2D eigenvalue weighted by atomic mass is 9.98. The van der Waals surface area contributed by atoms with E-state index in [4.69, 9.17) is 27.9 Å². The van der Waals surface area contributed by atoms with Gasteiger partial charge in [0.25, 0.3) is 0 Å². The Kier molecular flexibility index (Phi) is 6.73. The van der Waals surface area contributed by atoms with Gasteiger partial charge in [-0.05, 0) is 70.6 Å². The van der Waals surface area contributed by atoms with Crippen LogP contribution in [0.15, 0.2) is 47.5 Å². The molecule has 0 saturated carbocycles. The maximum Gasteiger partial charge on any atom is 0.225 e. The van der Waals surface area contributed by atoms with Crippen LogP contribution in [0.3, 0.4) is 0 Å². The van der Waals surface area contributed by atoms with Gasteiger partial charge in [0.1, 0.15) is 17.1 Å². The lowest BCUT2D eigenvalue weighted by molar-refractivity contribution is 0.128. The van der Waals surface area contributed by atoms with E-state index in [1.54, 1.807) is 7.11 Å². The molecule has 2 aliphatic rings. The summed E-state index contributed by atoms with van der Waals surface area (Å²) in [6, 6.07) is 10.2. The summed E-state index contributed by atoms with van der Waals surface area (Å²) < 4.78 is 20.7. The second kappa shape index (κ2) is 9.61. The van der Waals surface area contributed by atoms with Gasteiger partial charge in [-0.2, -0.15) is 4.98 Å². The number of hydrogen-bond acceptors (Lipinski definition) is 5. The van der Waals surface area contributed by atoms with Crippen molar-refractivity contribution in [1.82, 2.24) is 14.9 Å². The van der Waals surface area contributed by atoms with Crippen LogP contribution >= 0.6 is 39.1 Å². The number of fused-ring (bicyclic) bond motifs is 3. The molecule has 2 fully saturated rings. The summed E-state index contributed by atoms with van der Waals surface area (Å²) in [5.41, 5.74) is 1.41. The standard InChI is InChI=1S/C25H24BrCl2FN4O/c1-3-4-19-20-10-7-15(32(20)12-14-5-8-16(34-2)9-6-14)13-33(19)24-21-22(26)17(27)11-18(29)23(21)30-25(28)31-24/h3,5-6,8-9,11,15,19-20H,1,4,7,10,12-13H2,2H3/t15-,19-,20+/m1/s1. The van der Waals surface area contributed by atoms with E-state index < -0.39 is 5.82 Å². The highest BCUT2D eigenvalue weighted by Gasteiger charge is 2.46. The Morgan fingerprint density at radius 3 is 2.71 bits per heavy atom. The van der Waals surface area contributed by atoms with Crippen molar-refractivity contribution < 1.29 is 9.13 Å². The number of aromatic nitrogens is 2. The molecule has 0 unspecified atom stereocenters. The molecule has 0 radical (unpaired) electrons. The van der Waals surface area contributed by atoms with E-state index >= 15 is 0 Å². The zero-order valence-electron chi connectivity index (χ0n) is 18.6. The van der Waals surface area contributed by atoms with Crippen molar-refractivity contribution in [2.45, 2.75) is 43.9 Å². The zero-order chi connectivity index (χ0) is 24.0. The van der Waals surface area contributed by atoms with Crippen molar-refractivity contribution in [3.05, 3.63) is 69.1 Å². The molecule has 5 nitrogen and oxygen atoms in total. The molecule has 2 aromatic carbocycles. The highest BCUT2D eigenvalue weighted by atomic mass is 79.9. The maximum absolute atomic E-state index is 14.8. The van der Waals surface area contributed by atoms with E-state index in [9.17, 15) is 4.39 Å². The molecule has 1 aromatic heterocycles. The Labute approximate surface area is 216 Å². The van der Waals surface area contributed by atoms with Gasteiger partial charge in [-0.15, -0.1) is 6.58 Å². The Bertz CT molecular complexity index is 1240. The smallest absolute Gasteiger partial charge is 0.225 e. The summed E-state index contributed by atoms with van der Waals surface area (Å²) in [6.45, 7) is 5.61. The van der Waals surface area contributed by atoms with Gasteiger partial charge in [-0.25, -0.2) is 9.37 Å². The maximum atomic E-state index is 14.8. The molecule has 5 rings (SSSR count). The normalized spacial score (nSPS) is 22.4. The fraction of sp³-hybridized carbons (Fsp3) is 0.360.